The van der Waals surface area contributed by atoms with Crippen LogP contribution in [0.15, 0.2) is 30.6 Å². The molecule has 222 valence electrons. The summed E-state index contributed by atoms with van der Waals surface area (Å²) >= 11 is 1.07. The summed E-state index contributed by atoms with van der Waals surface area (Å²) in [5.41, 5.74) is 4.37. The molecule has 7 nitrogen and oxygen atoms in total. The maximum Gasteiger partial charge on any atom is 0.393 e. The Morgan fingerprint density at radius 3 is 2.62 bits per heavy atom. The highest BCUT2D eigenvalue weighted by Gasteiger charge is 2.37. The molecule has 0 spiro atoms. The lowest BCUT2D eigenvalue weighted by molar-refractivity contribution is -0.126. The van der Waals surface area contributed by atoms with Crippen molar-refractivity contribution in [3.63, 3.8) is 0 Å². The normalized spacial score (nSPS) is 22.0. The van der Waals surface area contributed by atoms with Gasteiger partial charge in [0.2, 0.25) is 0 Å². The van der Waals surface area contributed by atoms with Crippen LogP contribution >= 0.6 is 11.3 Å². The number of fused-ring (bicyclic) bond motifs is 2. The third-order valence-corrected chi connectivity index (χ3v) is 10.4. The molecular weight excluding hydrogens is 559 g/mol. The number of aryl methyl sites for hydroxylation is 1. The van der Waals surface area contributed by atoms with Gasteiger partial charge in [-0.15, -0.1) is 11.3 Å². The Balaban J connectivity index is 1.10. The van der Waals surface area contributed by atoms with Crippen molar-refractivity contribution >= 4 is 38.3 Å². The zero-order chi connectivity index (χ0) is 29.6. The van der Waals surface area contributed by atoms with Crippen molar-refractivity contribution in [2.75, 3.05) is 25.5 Å². The lowest BCUT2D eigenvalue weighted by Crippen LogP contribution is -2.49. The van der Waals surface area contributed by atoms with E-state index in [1.165, 1.54) is 17.5 Å². The van der Waals surface area contributed by atoms with Gasteiger partial charge in [0, 0.05) is 54.0 Å². The van der Waals surface area contributed by atoms with E-state index in [9.17, 15) is 18.4 Å². The average molecular weight is 596 g/mol. The van der Waals surface area contributed by atoms with Gasteiger partial charge in [-0.2, -0.15) is 18.4 Å². The van der Waals surface area contributed by atoms with Crippen LogP contribution in [0.25, 0.3) is 21.1 Å². The summed E-state index contributed by atoms with van der Waals surface area (Å²) in [6.45, 7) is 7.98. The monoisotopic (exact) mass is 595 g/mol. The van der Waals surface area contributed by atoms with Gasteiger partial charge < -0.3 is 15.2 Å². The number of aromatic nitrogens is 3. The van der Waals surface area contributed by atoms with E-state index >= 15 is 0 Å². The molecule has 3 atom stereocenters. The maximum atomic E-state index is 12.9. The maximum absolute atomic E-state index is 12.9. The number of anilines is 1. The van der Waals surface area contributed by atoms with Crippen LogP contribution in [0.1, 0.15) is 47.9 Å². The van der Waals surface area contributed by atoms with Crippen molar-refractivity contribution in [2.24, 2.45) is 11.8 Å². The number of halogens is 3. The highest BCUT2D eigenvalue weighted by atomic mass is 32.1. The quantitative estimate of drug-likeness (QED) is 0.251. The number of nitrogens with one attached hydrogen (secondary N) is 2. The van der Waals surface area contributed by atoms with E-state index in [1.54, 1.807) is 6.07 Å². The Kier molecular flexibility index (Phi) is 7.89. The molecule has 2 aliphatic rings. The number of benzene rings is 1. The Hall–Kier alpha value is -3.20. The van der Waals surface area contributed by atoms with E-state index in [1.807, 2.05) is 7.05 Å². The smallest absolute Gasteiger partial charge is 0.367 e. The number of alkyl halides is 3. The van der Waals surface area contributed by atoms with Crippen molar-refractivity contribution in [1.29, 1.82) is 5.26 Å². The number of rotatable bonds is 8. The fourth-order valence-corrected chi connectivity index (χ4v) is 7.73. The molecule has 0 bridgehead atoms. The Morgan fingerprint density at radius 2 is 1.93 bits per heavy atom. The van der Waals surface area contributed by atoms with Gasteiger partial charge in [0.1, 0.15) is 28.7 Å². The first-order valence-electron chi connectivity index (χ1n) is 14.6. The number of nitriles is 1. The lowest BCUT2D eigenvalue weighted by atomic mass is 9.70. The highest BCUT2D eigenvalue weighted by molar-refractivity contribution is 7.18. The molecule has 1 saturated carbocycles. The van der Waals surface area contributed by atoms with Crippen LogP contribution < -0.4 is 10.6 Å². The van der Waals surface area contributed by atoms with Crippen LogP contribution in [0.4, 0.5) is 19.0 Å². The van der Waals surface area contributed by atoms with Crippen molar-refractivity contribution in [1.82, 2.24) is 24.8 Å². The first-order chi connectivity index (χ1) is 20.1. The number of thiophene rings is 1. The van der Waals surface area contributed by atoms with E-state index in [0.29, 0.717) is 33.9 Å². The topological polar surface area (TPSA) is 81.8 Å². The molecule has 1 aromatic carbocycles. The molecule has 2 N–H and O–H groups in total. The number of hydrogen-bond donors (Lipinski definition) is 2. The molecule has 0 amide bonds. The number of hydrogen-bond acceptors (Lipinski definition) is 7. The van der Waals surface area contributed by atoms with E-state index in [0.717, 1.165) is 73.4 Å². The van der Waals surface area contributed by atoms with Crippen molar-refractivity contribution in [2.45, 2.75) is 70.9 Å². The Morgan fingerprint density at radius 1 is 1.14 bits per heavy atom. The van der Waals surface area contributed by atoms with E-state index < -0.39 is 12.6 Å². The third kappa shape index (κ3) is 5.72. The van der Waals surface area contributed by atoms with Crippen LogP contribution in [0.5, 0.6) is 0 Å². The first-order valence-corrected chi connectivity index (χ1v) is 15.4. The number of piperidine rings is 1. The van der Waals surface area contributed by atoms with Crippen LogP contribution in [0.2, 0.25) is 0 Å². The second kappa shape index (κ2) is 11.5. The average Bonchev–Trinajstić information content (AvgIpc) is 3.53. The molecule has 0 radical (unpaired) electrons. The molecule has 4 aromatic rings. The van der Waals surface area contributed by atoms with Crippen molar-refractivity contribution in [3.8, 4) is 6.07 Å². The van der Waals surface area contributed by atoms with Gasteiger partial charge >= 0.3 is 6.18 Å². The second-order valence-electron chi connectivity index (χ2n) is 11.9. The van der Waals surface area contributed by atoms with E-state index in [4.69, 9.17) is 0 Å². The molecule has 6 rings (SSSR count). The van der Waals surface area contributed by atoms with Gasteiger partial charge in [-0.05, 0) is 74.4 Å². The molecule has 42 heavy (non-hydrogen) atoms. The standard InChI is InChI=1S/C31H36F3N7S/c1-18-20(4-5-28-25(18)11-23(14-35)41(28)16-21-10-27(36-3)19(21)2)15-40-8-6-22(7-9-40)39-29-26-12-24(13-31(32,33)34)42-30(26)38-17-37-29/h4-5,11-12,17,19,21-22,27,36H,6-10,13,15-16H2,1-3H3,(H,37,38,39). The minimum Gasteiger partial charge on any atom is -0.367 e. The van der Waals surface area contributed by atoms with Crippen molar-refractivity contribution in [3.05, 3.63) is 52.3 Å². The number of likely N-dealkylation sites (tertiary alicyclic amines) is 1. The number of nitrogens with zero attached hydrogens (tertiary/aromatic N) is 5. The molecule has 11 heteroatoms. The summed E-state index contributed by atoms with van der Waals surface area (Å²) in [5, 5.41) is 18.6. The van der Waals surface area contributed by atoms with Gasteiger partial charge in [-0.1, -0.05) is 13.0 Å². The third-order valence-electron chi connectivity index (χ3n) is 9.38. The SMILES string of the molecule is CNC1CC(Cn2c(C#N)cc3c(C)c(CN4CCC(Nc5ncnc6sc(CC(F)(F)F)cc56)CC4)ccc32)C1C. The second-order valence-corrected chi connectivity index (χ2v) is 13.0. The molecule has 3 aromatic heterocycles. The molecule has 2 fully saturated rings. The lowest BCUT2D eigenvalue weighted by Gasteiger charge is -2.43. The molecule has 3 unspecified atom stereocenters. The van der Waals surface area contributed by atoms with Crippen LogP contribution in [0, 0.1) is 30.1 Å². The van der Waals surface area contributed by atoms with Gasteiger partial charge in [0.15, 0.2) is 0 Å². The van der Waals surface area contributed by atoms with Gasteiger partial charge in [0.05, 0.1) is 11.8 Å². The Labute approximate surface area is 247 Å². The molecule has 1 saturated heterocycles. The summed E-state index contributed by atoms with van der Waals surface area (Å²) in [4.78, 5) is 11.8. The van der Waals surface area contributed by atoms with Crippen LogP contribution in [-0.2, 0) is 19.5 Å². The zero-order valence-electron chi connectivity index (χ0n) is 24.1. The molecule has 1 aliphatic heterocycles. The summed E-state index contributed by atoms with van der Waals surface area (Å²) in [6, 6.07) is 11.2. The first kappa shape index (κ1) is 28.9. The van der Waals surface area contributed by atoms with Crippen LogP contribution in [0.3, 0.4) is 0 Å². The van der Waals surface area contributed by atoms with Crippen LogP contribution in [-0.4, -0.2) is 57.8 Å². The summed E-state index contributed by atoms with van der Waals surface area (Å²) < 4.78 is 40.9. The minimum absolute atomic E-state index is 0.192. The zero-order valence-corrected chi connectivity index (χ0v) is 24.9. The fourth-order valence-electron chi connectivity index (χ4n) is 6.70. The van der Waals surface area contributed by atoms with Gasteiger partial charge in [-0.3, -0.25) is 4.90 Å². The summed E-state index contributed by atoms with van der Waals surface area (Å²) in [6.07, 6.45) is -0.813. The molecule has 4 heterocycles. The van der Waals surface area contributed by atoms with Gasteiger partial charge in [0.25, 0.3) is 0 Å². The van der Waals surface area contributed by atoms with E-state index in [2.05, 4.69) is 68.2 Å². The Bertz CT molecular complexity index is 1630. The minimum atomic E-state index is -4.25. The predicted octanol–water partition coefficient (Wildman–Crippen LogP) is 6.25. The summed E-state index contributed by atoms with van der Waals surface area (Å²) in [5.74, 6) is 1.77. The fraction of sp³-hybridized carbons (Fsp3) is 0.516. The van der Waals surface area contributed by atoms with E-state index in [-0.39, 0.29) is 10.9 Å². The molecule has 1 aliphatic carbocycles. The van der Waals surface area contributed by atoms with Crippen molar-refractivity contribution < 1.29 is 13.2 Å². The predicted molar refractivity (Wildman–Crippen MR) is 161 cm³/mol. The largest absolute Gasteiger partial charge is 0.393 e. The summed E-state index contributed by atoms with van der Waals surface area (Å²) in [7, 11) is 2.02. The molecular formula is C31H36F3N7S. The van der Waals surface area contributed by atoms with Gasteiger partial charge in [-0.25, -0.2) is 9.97 Å². The highest BCUT2D eigenvalue weighted by Crippen LogP contribution is 2.38.